The van der Waals surface area contributed by atoms with E-state index in [1.807, 2.05) is 0 Å². The maximum atomic E-state index is 11.8. The second kappa shape index (κ2) is 5.20. The molecule has 2 aromatic heterocycles. The zero-order valence-electron chi connectivity index (χ0n) is 10.5. The molecule has 0 aromatic carbocycles. The maximum Gasteiger partial charge on any atom is 0.281 e. The molecule has 0 radical (unpaired) electrons. The molecule has 5 N–H and O–H groups in total. The number of nitrogens with zero attached hydrogens (tertiary/aromatic N) is 2. The van der Waals surface area contributed by atoms with E-state index < -0.39 is 36.8 Å². The number of hydrogen-bond acceptors (Lipinski definition) is 8. The monoisotopic (exact) mass is 316 g/mol. The van der Waals surface area contributed by atoms with Gasteiger partial charge in [-0.2, -0.15) is 4.73 Å². The lowest BCUT2D eigenvalue weighted by molar-refractivity contribution is -0.168. The van der Waals surface area contributed by atoms with E-state index in [0.29, 0.717) is 0 Å². The molecule has 3 rings (SSSR count). The van der Waals surface area contributed by atoms with Gasteiger partial charge in [0, 0.05) is 0 Å². The van der Waals surface area contributed by atoms with Crippen LogP contribution in [0.5, 0.6) is 0 Å². The Morgan fingerprint density at radius 2 is 2.19 bits per heavy atom. The van der Waals surface area contributed by atoms with Crippen LogP contribution in [-0.4, -0.2) is 66.2 Å². The average molecular weight is 316 g/mol. The minimum Gasteiger partial charge on any atom is -0.394 e. The summed E-state index contributed by atoms with van der Waals surface area (Å²) in [6.07, 6.45) is -3.69. The minimum absolute atomic E-state index is 0.0429. The highest BCUT2D eigenvalue weighted by atomic mass is 32.1. The molecule has 0 aliphatic carbocycles. The van der Waals surface area contributed by atoms with Crippen molar-refractivity contribution in [1.82, 2.24) is 19.7 Å². The van der Waals surface area contributed by atoms with Gasteiger partial charge in [-0.1, -0.05) is 0 Å². The first-order chi connectivity index (χ1) is 10.0. The van der Waals surface area contributed by atoms with Gasteiger partial charge in [0.15, 0.2) is 15.9 Å². The summed E-state index contributed by atoms with van der Waals surface area (Å²) in [5.74, 6) is 0. The molecule has 21 heavy (non-hydrogen) atoms. The second-order valence-electron chi connectivity index (χ2n) is 4.49. The van der Waals surface area contributed by atoms with Crippen LogP contribution >= 0.6 is 12.2 Å². The lowest BCUT2D eigenvalue weighted by Gasteiger charge is -2.16. The third-order valence-corrected chi connectivity index (χ3v) is 3.33. The molecular weight excluding hydrogens is 304 g/mol. The SMILES string of the molecule is O=c1[nH]c(=S)[nH]c2ncn(O[C@@H]3O[C@H](CO)[C@@H](O)[C@H]3O)c12. The number of nitrogens with one attached hydrogen (secondary N) is 2. The van der Waals surface area contributed by atoms with Gasteiger partial charge in [-0.05, 0) is 12.2 Å². The van der Waals surface area contributed by atoms with Crippen LogP contribution in [0.3, 0.4) is 0 Å². The number of aliphatic hydroxyl groups is 3. The van der Waals surface area contributed by atoms with Crippen molar-refractivity contribution in [2.75, 3.05) is 6.61 Å². The van der Waals surface area contributed by atoms with Crippen molar-refractivity contribution in [3.63, 3.8) is 0 Å². The number of fused-ring (bicyclic) bond motifs is 1. The van der Waals surface area contributed by atoms with Gasteiger partial charge in [0.25, 0.3) is 11.8 Å². The average Bonchev–Trinajstić information content (AvgIpc) is 2.95. The summed E-state index contributed by atoms with van der Waals surface area (Å²) in [4.78, 5) is 26.1. The summed E-state index contributed by atoms with van der Waals surface area (Å²) in [6, 6.07) is 0. The van der Waals surface area contributed by atoms with Crippen LogP contribution < -0.4 is 10.4 Å². The number of aliphatic hydroxyl groups excluding tert-OH is 3. The number of imidazole rings is 1. The number of H-pyrrole nitrogens is 2. The Morgan fingerprint density at radius 1 is 1.43 bits per heavy atom. The lowest BCUT2D eigenvalue weighted by atomic mass is 10.1. The van der Waals surface area contributed by atoms with Crippen LogP contribution in [0.25, 0.3) is 11.2 Å². The van der Waals surface area contributed by atoms with Crippen LogP contribution in [0.15, 0.2) is 11.1 Å². The molecular formula is C10H12N4O6S. The summed E-state index contributed by atoms with van der Waals surface area (Å²) in [6.45, 7) is -0.476. The van der Waals surface area contributed by atoms with Gasteiger partial charge in [0.1, 0.15) is 24.6 Å². The number of hydrogen-bond donors (Lipinski definition) is 5. The van der Waals surface area contributed by atoms with Gasteiger partial charge in [-0.25, -0.2) is 4.98 Å². The van der Waals surface area contributed by atoms with Crippen LogP contribution in [0.2, 0.25) is 0 Å². The fourth-order valence-corrected chi connectivity index (χ4v) is 2.27. The van der Waals surface area contributed by atoms with Crippen molar-refractivity contribution in [2.45, 2.75) is 24.6 Å². The molecule has 0 spiro atoms. The van der Waals surface area contributed by atoms with Crippen LogP contribution in [0, 0.1) is 4.77 Å². The largest absolute Gasteiger partial charge is 0.394 e. The van der Waals surface area contributed by atoms with Gasteiger partial charge in [0.2, 0.25) is 0 Å². The lowest BCUT2D eigenvalue weighted by Crippen LogP contribution is -2.38. The van der Waals surface area contributed by atoms with Crippen molar-refractivity contribution in [1.29, 1.82) is 0 Å². The van der Waals surface area contributed by atoms with Crippen molar-refractivity contribution in [3.8, 4) is 0 Å². The number of rotatable bonds is 3. The molecule has 0 amide bonds. The van der Waals surface area contributed by atoms with Crippen molar-refractivity contribution in [2.24, 2.45) is 0 Å². The van der Waals surface area contributed by atoms with E-state index in [-0.39, 0.29) is 15.9 Å². The Morgan fingerprint density at radius 3 is 2.86 bits per heavy atom. The van der Waals surface area contributed by atoms with Gasteiger partial charge >= 0.3 is 0 Å². The molecule has 0 unspecified atom stereocenters. The fraction of sp³-hybridized carbons (Fsp3) is 0.500. The van der Waals surface area contributed by atoms with E-state index in [1.54, 1.807) is 0 Å². The van der Waals surface area contributed by atoms with E-state index in [4.69, 9.17) is 26.9 Å². The summed E-state index contributed by atoms with van der Waals surface area (Å²) in [5.41, 5.74) is -0.283. The topological polar surface area (TPSA) is 146 Å². The first-order valence-electron chi connectivity index (χ1n) is 6.00. The molecule has 1 saturated heterocycles. The van der Waals surface area contributed by atoms with Gasteiger partial charge in [-0.15, -0.1) is 0 Å². The van der Waals surface area contributed by atoms with Crippen LogP contribution in [0.4, 0.5) is 0 Å². The normalized spacial score (nSPS) is 29.1. The summed E-state index contributed by atoms with van der Waals surface area (Å²) >= 11 is 4.82. The van der Waals surface area contributed by atoms with E-state index in [0.717, 1.165) is 4.73 Å². The quantitative estimate of drug-likeness (QED) is 0.396. The molecule has 3 heterocycles. The van der Waals surface area contributed by atoms with Crippen LogP contribution in [-0.2, 0) is 4.74 Å². The molecule has 2 aromatic rings. The van der Waals surface area contributed by atoms with E-state index in [2.05, 4.69) is 15.0 Å². The van der Waals surface area contributed by atoms with E-state index in [9.17, 15) is 15.0 Å². The highest BCUT2D eigenvalue weighted by Gasteiger charge is 2.44. The Hall–Kier alpha value is -1.79. The molecule has 10 nitrogen and oxygen atoms in total. The number of aromatic amines is 2. The molecule has 1 aliphatic heterocycles. The zero-order valence-corrected chi connectivity index (χ0v) is 11.3. The third kappa shape index (κ3) is 2.34. The Labute approximate surface area is 121 Å². The Bertz CT molecular complexity index is 769. The van der Waals surface area contributed by atoms with Gasteiger partial charge in [0.05, 0.1) is 6.61 Å². The standard InChI is InChI=1S/C10H12N4O6S/c15-1-3-5(16)6(17)9(19-3)20-14-2-11-7-4(14)8(18)13-10(21)12-7/h2-3,5-6,9,15-17H,1H2,(H2,12,13,18,21)/t3-,5-,6-,9+/m1/s1. The fourth-order valence-electron chi connectivity index (χ4n) is 2.08. The molecule has 1 aliphatic rings. The highest BCUT2D eigenvalue weighted by Crippen LogP contribution is 2.20. The summed E-state index contributed by atoms with van der Waals surface area (Å²) < 4.78 is 6.27. The molecule has 0 bridgehead atoms. The first kappa shape index (κ1) is 14.2. The third-order valence-electron chi connectivity index (χ3n) is 3.13. The first-order valence-corrected chi connectivity index (χ1v) is 6.41. The molecule has 4 atom stereocenters. The predicted molar refractivity (Wildman–Crippen MR) is 69.9 cm³/mol. The maximum absolute atomic E-state index is 11.8. The minimum atomic E-state index is -1.37. The number of aromatic nitrogens is 4. The zero-order chi connectivity index (χ0) is 15.1. The molecule has 11 heteroatoms. The Balaban J connectivity index is 1.93. The molecule has 0 saturated carbocycles. The predicted octanol–water partition coefficient (Wildman–Crippen LogP) is -2.35. The van der Waals surface area contributed by atoms with Gasteiger partial charge in [-0.3, -0.25) is 9.78 Å². The summed E-state index contributed by atoms with van der Waals surface area (Å²) in [7, 11) is 0. The van der Waals surface area contributed by atoms with Crippen molar-refractivity contribution in [3.05, 3.63) is 21.5 Å². The van der Waals surface area contributed by atoms with Crippen molar-refractivity contribution >= 4 is 23.4 Å². The Kier molecular flexibility index (Phi) is 3.51. The number of ether oxygens (including phenoxy) is 1. The second-order valence-corrected chi connectivity index (χ2v) is 4.90. The van der Waals surface area contributed by atoms with E-state index in [1.165, 1.54) is 6.33 Å². The van der Waals surface area contributed by atoms with E-state index >= 15 is 0 Å². The van der Waals surface area contributed by atoms with Crippen molar-refractivity contribution < 1.29 is 24.9 Å². The smallest absolute Gasteiger partial charge is 0.281 e. The molecule has 1 fully saturated rings. The van der Waals surface area contributed by atoms with Crippen LogP contribution in [0.1, 0.15) is 0 Å². The summed E-state index contributed by atoms with van der Waals surface area (Å²) in [5, 5.41) is 28.4. The molecule has 114 valence electrons. The highest BCUT2D eigenvalue weighted by molar-refractivity contribution is 7.71. The van der Waals surface area contributed by atoms with Gasteiger partial charge < -0.3 is 29.9 Å².